The van der Waals surface area contributed by atoms with E-state index in [0.717, 1.165) is 17.5 Å². The van der Waals surface area contributed by atoms with Crippen molar-refractivity contribution in [3.05, 3.63) is 35.4 Å². The summed E-state index contributed by atoms with van der Waals surface area (Å²) in [6, 6.07) is 7.55. The van der Waals surface area contributed by atoms with Crippen LogP contribution in [0.1, 0.15) is 31.4 Å². The van der Waals surface area contributed by atoms with E-state index in [1.54, 1.807) is 7.11 Å². The van der Waals surface area contributed by atoms with E-state index in [0.29, 0.717) is 13.2 Å². The van der Waals surface area contributed by atoms with Crippen LogP contribution in [0.4, 0.5) is 0 Å². The monoisotopic (exact) mass is 250 g/mol. The van der Waals surface area contributed by atoms with Crippen molar-refractivity contribution in [1.29, 1.82) is 5.41 Å². The fraction of sp³-hybridized carbons (Fsp3) is 0.500. The van der Waals surface area contributed by atoms with Gasteiger partial charge in [0, 0.05) is 19.3 Å². The Kier molecular flexibility index (Phi) is 5.31. The average molecular weight is 250 g/mol. The first-order chi connectivity index (χ1) is 8.44. The molecule has 0 bridgehead atoms. The van der Waals surface area contributed by atoms with Crippen molar-refractivity contribution in [2.75, 3.05) is 13.7 Å². The first-order valence-corrected chi connectivity index (χ1v) is 6.01. The summed E-state index contributed by atoms with van der Waals surface area (Å²) in [6.07, 6.45) is 0.843. The van der Waals surface area contributed by atoms with Crippen LogP contribution in [0.5, 0.6) is 0 Å². The zero-order valence-corrected chi connectivity index (χ0v) is 11.3. The Balaban J connectivity index is 2.40. The number of nitrogens with one attached hydrogen (secondary N) is 1. The first-order valence-electron chi connectivity index (χ1n) is 6.01. The molecule has 0 aliphatic heterocycles. The lowest BCUT2D eigenvalue weighted by Gasteiger charge is -2.22. The maximum Gasteiger partial charge on any atom is 0.122 e. The van der Waals surface area contributed by atoms with Gasteiger partial charge < -0.3 is 15.2 Å². The van der Waals surface area contributed by atoms with Crippen molar-refractivity contribution in [3.8, 4) is 0 Å². The number of amidine groups is 1. The van der Waals surface area contributed by atoms with Crippen LogP contribution in [0.3, 0.4) is 0 Å². The quantitative estimate of drug-likeness (QED) is 0.443. The Hall–Kier alpha value is -1.39. The van der Waals surface area contributed by atoms with Crippen LogP contribution in [0, 0.1) is 5.41 Å². The highest BCUT2D eigenvalue weighted by molar-refractivity contribution is 5.95. The van der Waals surface area contributed by atoms with E-state index in [9.17, 15) is 0 Å². The topological polar surface area (TPSA) is 68.3 Å². The van der Waals surface area contributed by atoms with Crippen molar-refractivity contribution < 1.29 is 9.47 Å². The molecule has 3 N–H and O–H groups in total. The molecule has 4 nitrogen and oxygen atoms in total. The molecule has 1 aromatic carbocycles. The molecule has 0 heterocycles. The van der Waals surface area contributed by atoms with Gasteiger partial charge in [-0.1, -0.05) is 18.2 Å². The van der Waals surface area contributed by atoms with Crippen LogP contribution >= 0.6 is 0 Å². The van der Waals surface area contributed by atoms with Crippen LogP contribution in [0.2, 0.25) is 0 Å². The maximum atomic E-state index is 7.37. The van der Waals surface area contributed by atoms with Gasteiger partial charge in [0.2, 0.25) is 0 Å². The maximum absolute atomic E-state index is 7.37. The SMILES string of the molecule is COC(C)(C)CCOCc1cccc(C(=N)N)c1. The highest BCUT2D eigenvalue weighted by atomic mass is 16.5. The molecule has 0 amide bonds. The number of benzene rings is 1. The van der Waals surface area contributed by atoms with Gasteiger partial charge in [0.1, 0.15) is 5.84 Å². The van der Waals surface area contributed by atoms with Crippen molar-refractivity contribution in [3.63, 3.8) is 0 Å². The molecular weight excluding hydrogens is 228 g/mol. The van der Waals surface area contributed by atoms with Crippen molar-refractivity contribution in [2.45, 2.75) is 32.5 Å². The van der Waals surface area contributed by atoms with Gasteiger partial charge in [-0.15, -0.1) is 0 Å². The number of ether oxygens (including phenoxy) is 2. The number of hydrogen-bond donors (Lipinski definition) is 2. The third-order valence-corrected chi connectivity index (χ3v) is 2.91. The lowest BCUT2D eigenvalue weighted by Crippen LogP contribution is -2.24. The predicted molar refractivity (Wildman–Crippen MR) is 72.8 cm³/mol. The van der Waals surface area contributed by atoms with Crippen LogP contribution < -0.4 is 5.73 Å². The fourth-order valence-electron chi connectivity index (χ4n) is 1.44. The average Bonchev–Trinajstić information content (AvgIpc) is 2.35. The molecule has 0 aliphatic rings. The molecule has 4 heteroatoms. The van der Waals surface area contributed by atoms with Crippen LogP contribution in [0.25, 0.3) is 0 Å². The third-order valence-electron chi connectivity index (χ3n) is 2.91. The smallest absolute Gasteiger partial charge is 0.122 e. The molecule has 0 radical (unpaired) electrons. The molecular formula is C14H22N2O2. The molecule has 0 fully saturated rings. The van der Waals surface area contributed by atoms with Crippen LogP contribution in [-0.4, -0.2) is 25.2 Å². The van der Waals surface area contributed by atoms with Gasteiger partial charge in [-0.25, -0.2) is 0 Å². The summed E-state index contributed by atoms with van der Waals surface area (Å²) in [5.41, 5.74) is 7.04. The minimum absolute atomic E-state index is 0.0809. The third kappa shape index (κ3) is 4.85. The van der Waals surface area contributed by atoms with Gasteiger partial charge in [-0.2, -0.15) is 0 Å². The van der Waals surface area contributed by atoms with Crippen LogP contribution in [0.15, 0.2) is 24.3 Å². The van der Waals surface area contributed by atoms with E-state index in [2.05, 4.69) is 0 Å². The molecule has 0 aromatic heterocycles. The molecule has 18 heavy (non-hydrogen) atoms. The van der Waals surface area contributed by atoms with Gasteiger partial charge >= 0.3 is 0 Å². The second kappa shape index (κ2) is 6.52. The largest absolute Gasteiger partial charge is 0.384 e. The van der Waals surface area contributed by atoms with Gasteiger partial charge in [0.25, 0.3) is 0 Å². The second-order valence-electron chi connectivity index (χ2n) is 4.88. The predicted octanol–water partition coefficient (Wildman–Crippen LogP) is 2.30. The van der Waals surface area contributed by atoms with E-state index in [1.165, 1.54) is 0 Å². The van der Waals surface area contributed by atoms with E-state index < -0.39 is 0 Å². The fourth-order valence-corrected chi connectivity index (χ4v) is 1.44. The summed E-state index contributed by atoms with van der Waals surface area (Å²) >= 11 is 0. The molecule has 100 valence electrons. The van der Waals surface area contributed by atoms with Gasteiger partial charge in [-0.05, 0) is 31.9 Å². The Morgan fingerprint density at radius 2 is 2.11 bits per heavy atom. The van der Waals surface area contributed by atoms with E-state index >= 15 is 0 Å². The lowest BCUT2D eigenvalue weighted by molar-refractivity contribution is -0.0124. The Morgan fingerprint density at radius 1 is 1.39 bits per heavy atom. The zero-order chi connectivity index (χ0) is 13.6. The zero-order valence-electron chi connectivity index (χ0n) is 11.3. The summed E-state index contributed by atoms with van der Waals surface area (Å²) in [5.74, 6) is 0.0809. The van der Waals surface area contributed by atoms with Crippen molar-refractivity contribution >= 4 is 5.84 Å². The normalized spacial score (nSPS) is 11.5. The van der Waals surface area contributed by atoms with Gasteiger partial charge in [-0.3, -0.25) is 5.41 Å². The summed E-state index contributed by atoms with van der Waals surface area (Å²) in [6.45, 7) is 5.24. The molecule has 0 saturated heterocycles. The van der Waals surface area contributed by atoms with E-state index in [1.807, 2.05) is 38.1 Å². The van der Waals surface area contributed by atoms with Crippen molar-refractivity contribution in [2.24, 2.45) is 5.73 Å². The first kappa shape index (κ1) is 14.7. The lowest BCUT2D eigenvalue weighted by atomic mass is 10.1. The Morgan fingerprint density at radius 3 is 2.72 bits per heavy atom. The highest BCUT2D eigenvalue weighted by Gasteiger charge is 2.15. The Bertz CT molecular complexity index is 403. The molecule has 1 aromatic rings. The number of nitrogens with two attached hydrogens (primary N) is 1. The number of nitrogen functional groups attached to an aromatic ring is 1. The summed E-state index contributed by atoms with van der Waals surface area (Å²) < 4.78 is 10.9. The number of methoxy groups -OCH3 is 1. The minimum atomic E-state index is -0.152. The molecule has 0 aliphatic carbocycles. The molecule has 0 unspecified atom stereocenters. The number of hydrogen-bond acceptors (Lipinski definition) is 3. The molecule has 1 rings (SSSR count). The number of rotatable bonds is 7. The summed E-state index contributed by atoms with van der Waals surface area (Å²) in [7, 11) is 1.70. The van der Waals surface area contributed by atoms with E-state index in [4.69, 9.17) is 20.6 Å². The molecule has 0 spiro atoms. The van der Waals surface area contributed by atoms with E-state index in [-0.39, 0.29) is 11.4 Å². The summed E-state index contributed by atoms with van der Waals surface area (Å²) in [4.78, 5) is 0. The molecule has 0 saturated carbocycles. The summed E-state index contributed by atoms with van der Waals surface area (Å²) in [5, 5.41) is 7.37. The van der Waals surface area contributed by atoms with Crippen molar-refractivity contribution in [1.82, 2.24) is 0 Å². The van der Waals surface area contributed by atoms with Crippen LogP contribution in [-0.2, 0) is 16.1 Å². The minimum Gasteiger partial charge on any atom is -0.384 e. The second-order valence-corrected chi connectivity index (χ2v) is 4.88. The molecule has 0 atom stereocenters. The standard InChI is InChI=1S/C14H22N2O2/c1-14(2,17-3)7-8-18-10-11-5-4-6-12(9-11)13(15)16/h4-6,9H,7-8,10H2,1-3H3,(H3,15,16). The Labute approximate surface area is 109 Å². The highest BCUT2D eigenvalue weighted by Crippen LogP contribution is 2.13. The van der Waals surface area contributed by atoms with Gasteiger partial charge in [0.15, 0.2) is 0 Å². The van der Waals surface area contributed by atoms with Gasteiger partial charge in [0.05, 0.1) is 12.2 Å².